The summed E-state index contributed by atoms with van der Waals surface area (Å²) in [4.78, 5) is 2.52. The molecule has 0 saturated carbocycles. The highest BCUT2D eigenvalue weighted by molar-refractivity contribution is 7.89. The van der Waals surface area contributed by atoms with Crippen molar-refractivity contribution in [2.75, 3.05) is 39.3 Å². The summed E-state index contributed by atoms with van der Waals surface area (Å²) in [7, 11) is -3.54. The van der Waals surface area contributed by atoms with Crippen LogP contribution in [0.5, 0.6) is 5.75 Å². The number of hydrogen-bond donors (Lipinski definition) is 1. The van der Waals surface area contributed by atoms with Crippen LogP contribution in [0.15, 0.2) is 59.5 Å². The van der Waals surface area contributed by atoms with Gasteiger partial charge in [-0.25, -0.2) is 8.42 Å². The molecule has 0 amide bonds. The van der Waals surface area contributed by atoms with Crippen molar-refractivity contribution < 1.29 is 18.3 Å². The van der Waals surface area contributed by atoms with E-state index in [1.807, 2.05) is 75.4 Å². The fourth-order valence-electron chi connectivity index (χ4n) is 4.71. The number of hydrogen-bond acceptors (Lipinski definition) is 5. The zero-order valence-corrected chi connectivity index (χ0v) is 20.3. The second-order valence-electron chi connectivity index (χ2n) is 8.87. The Bertz CT molecular complexity index is 1210. The largest absolute Gasteiger partial charge is 0.490 e. The molecule has 0 aromatic heterocycles. The van der Waals surface area contributed by atoms with Crippen molar-refractivity contribution in [1.82, 2.24) is 9.21 Å². The fourth-order valence-corrected chi connectivity index (χ4v) is 6.55. The van der Waals surface area contributed by atoms with E-state index in [1.54, 1.807) is 4.31 Å². The SMILES string of the molecule is Cc1cc(C)c(S(=O)(=O)N2CCN(C[C@@H](O)COc3cccc4ccccc34)CC2)c(C)c1. The van der Waals surface area contributed by atoms with Crippen LogP contribution in [0.3, 0.4) is 0 Å². The van der Waals surface area contributed by atoms with E-state index in [-0.39, 0.29) is 6.61 Å². The highest BCUT2D eigenvalue weighted by Crippen LogP contribution is 2.27. The van der Waals surface area contributed by atoms with E-state index < -0.39 is 16.1 Å². The maximum Gasteiger partial charge on any atom is 0.243 e. The molecule has 1 saturated heterocycles. The van der Waals surface area contributed by atoms with Crippen LogP contribution in [0.25, 0.3) is 10.8 Å². The molecule has 0 aliphatic carbocycles. The van der Waals surface area contributed by atoms with Crippen LogP contribution in [-0.2, 0) is 10.0 Å². The van der Waals surface area contributed by atoms with E-state index in [4.69, 9.17) is 4.74 Å². The molecule has 1 N–H and O–H groups in total. The zero-order valence-electron chi connectivity index (χ0n) is 19.5. The third-order valence-corrected chi connectivity index (χ3v) is 8.39. The number of ether oxygens (including phenoxy) is 1. The first-order valence-corrected chi connectivity index (χ1v) is 12.8. The number of aliphatic hydroxyl groups is 1. The molecular weight excluding hydrogens is 436 g/mol. The lowest BCUT2D eigenvalue weighted by molar-refractivity contribution is 0.0573. The molecule has 0 bridgehead atoms. The van der Waals surface area contributed by atoms with Gasteiger partial charge in [0.15, 0.2) is 0 Å². The number of rotatable bonds is 7. The molecule has 1 aliphatic heterocycles. The summed E-state index contributed by atoms with van der Waals surface area (Å²) in [6.07, 6.45) is -0.659. The van der Waals surface area contributed by atoms with Gasteiger partial charge in [0.2, 0.25) is 10.0 Å². The van der Waals surface area contributed by atoms with Gasteiger partial charge in [-0.3, -0.25) is 4.90 Å². The van der Waals surface area contributed by atoms with Gasteiger partial charge in [-0.2, -0.15) is 4.31 Å². The van der Waals surface area contributed by atoms with Gasteiger partial charge in [0.1, 0.15) is 18.5 Å². The van der Waals surface area contributed by atoms with Crippen LogP contribution in [-0.4, -0.2) is 68.2 Å². The van der Waals surface area contributed by atoms with Gasteiger partial charge >= 0.3 is 0 Å². The predicted octanol–water partition coefficient (Wildman–Crippen LogP) is 3.51. The van der Waals surface area contributed by atoms with Crippen molar-refractivity contribution in [1.29, 1.82) is 0 Å². The molecule has 1 aliphatic rings. The summed E-state index contributed by atoms with van der Waals surface area (Å²) in [5.74, 6) is 0.756. The Hall–Kier alpha value is -2.45. The number of aliphatic hydroxyl groups excluding tert-OH is 1. The number of nitrogens with zero attached hydrogens (tertiary/aromatic N) is 2. The van der Waals surface area contributed by atoms with E-state index in [9.17, 15) is 13.5 Å². The van der Waals surface area contributed by atoms with Crippen molar-refractivity contribution >= 4 is 20.8 Å². The Morgan fingerprint density at radius 2 is 1.58 bits per heavy atom. The summed E-state index contributed by atoms with van der Waals surface area (Å²) >= 11 is 0. The monoisotopic (exact) mass is 468 g/mol. The van der Waals surface area contributed by atoms with E-state index in [0.717, 1.165) is 33.2 Å². The second kappa shape index (κ2) is 9.81. The average molecular weight is 469 g/mol. The predicted molar refractivity (Wildman–Crippen MR) is 131 cm³/mol. The van der Waals surface area contributed by atoms with E-state index in [2.05, 4.69) is 4.90 Å². The third-order valence-electron chi connectivity index (χ3n) is 6.18. The number of β-amino-alcohol motifs (C(OH)–C–C–N with tert-alkyl or cyclic N) is 1. The number of benzene rings is 3. The smallest absolute Gasteiger partial charge is 0.243 e. The number of fused-ring (bicyclic) bond motifs is 1. The Kier molecular flexibility index (Phi) is 7.05. The second-order valence-corrected chi connectivity index (χ2v) is 10.7. The molecular formula is C26H32N2O4S. The molecule has 1 heterocycles. The first-order valence-electron chi connectivity index (χ1n) is 11.3. The van der Waals surface area contributed by atoms with Crippen molar-refractivity contribution in [2.45, 2.75) is 31.8 Å². The summed E-state index contributed by atoms with van der Waals surface area (Å²) in [5, 5.41) is 12.7. The van der Waals surface area contributed by atoms with Gasteiger partial charge in [-0.15, -0.1) is 0 Å². The maximum atomic E-state index is 13.3. The Morgan fingerprint density at radius 3 is 2.27 bits per heavy atom. The lowest BCUT2D eigenvalue weighted by Gasteiger charge is -2.35. The first kappa shape index (κ1) is 23.7. The number of aryl methyl sites for hydroxylation is 3. The van der Waals surface area contributed by atoms with Crippen LogP contribution in [0.1, 0.15) is 16.7 Å². The number of piperazine rings is 1. The first-order chi connectivity index (χ1) is 15.8. The van der Waals surface area contributed by atoms with Crippen LogP contribution in [0, 0.1) is 20.8 Å². The molecule has 6 nitrogen and oxygen atoms in total. The molecule has 1 fully saturated rings. The summed E-state index contributed by atoms with van der Waals surface area (Å²) < 4.78 is 34.0. The van der Waals surface area contributed by atoms with Crippen LogP contribution < -0.4 is 4.74 Å². The molecule has 1 atom stereocenters. The lowest BCUT2D eigenvalue weighted by atomic mass is 10.1. The maximum absolute atomic E-state index is 13.3. The molecule has 0 radical (unpaired) electrons. The Labute approximate surface area is 196 Å². The van der Waals surface area contributed by atoms with Crippen molar-refractivity contribution in [3.05, 3.63) is 71.3 Å². The topological polar surface area (TPSA) is 70.1 Å². The minimum atomic E-state index is -3.54. The van der Waals surface area contributed by atoms with E-state index in [1.165, 1.54) is 0 Å². The standard InChI is InChI=1S/C26H32N2O4S/c1-19-15-20(2)26(21(3)16-19)33(30,31)28-13-11-27(12-14-28)17-23(29)18-32-25-10-6-8-22-7-4-5-9-24(22)25/h4-10,15-16,23,29H,11-14,17-18H2,1-3H3/t23-/m1/s1. The highest BCUT2D eigenvalue weighted by atomic mass is 32.2. The molecule has 4 rings (SSSR count). The van der Waals surface area contributed by atoms with Gasteiger partial charge in [0.25, 0.3) is 0 Å². The normalized spacial score (nSPS) is 16.7. The van der Waals surface area contributed by atoms with Crippen molar-refractivity contribution in [3.8, 4) is 5.75 Å². The van der Waals surface area contributed by atoms with Gasteiger partial charge in [-0.05, 0) is 43.4 Å². The van der Waals surface area contributed by atoms with Gasteiger partial charge in [0, 0.05) is 38.1 Å². The van der Waals surface area contributed by atoms with Crippen LogP contribution in [0.2, 0.25) is 0 Å². The highest BCUT2D eigenvalue weighted by Gasteiger charge is 2.31. The molecule has 3 aromatic carbocycles. The lowest BCUT2D eigenvalue weighted by Crippen LogP contribution is -2.51. The molecule has 0 spiro atoms. The Balaban J connectivity index is 1.33. The fraction of sp³-hybridized carbons (Fsp3) is 0.385. The molecule has 0 unspecified atom stereocenters. The minimum absolute atomic E-state index is 0.189. The quantitative estimate of drug-likeness (QED) is 0.575. The molecule has 176 valence electrons. The molecule has 33 heavy (non-hydrogen) atoms. The van der Waals surface area contributed by atoms with Gasteiger partial charge < -0.3 is 9.84 Å². The third kappa shape index (κ3) is 5.22. The van der Waals surface area contributed by atoms with Crippen molar-refractivity contribution in [3.63, 3.8) is 0 Å². The van der Waals surface area contributed by atoms with Gasteiger partial charge in [0.05, 0.1) is 4.90 Å². The average Bonchev–Trinajstić information content (AvgIpc) is 2.77. The zero-order chi connectivity index (χ0) is 23.6. The van der Waals surface area contributed by atoms with Crippen LogP contribution in [0.4, 0.5) is 0 Å². The summed E-state index contributed by atoms with van der Waals surface area (Å²) in [6, 6.07) is 17.7. The van der Waals surface area contributed by atoms with E-state index in [0.29, 0.717) is 37.6 Å². The molecule has 3 aromatic rings. The van der Waals surface area contributed by atoms with Crippen LogP contribution >= 0.6 is 0 Å². The molecule has 7 heteroatoms. The Morgan fingerprint density at radius 1 is 0.939 bits per heavy atom. The van der Waals surface area contributed by atoms with Gasteiger partial charge in [-0.1, -0.05) is 54.1 Å². The minimum Gasteiger partial charge on any atom is -0.490 e. The van der Waals surface area contributed by atoms with Crippen molar-refractivity contribution in [2.24, 2.45) is 0 Å². The van der Waals surface area contributed by atoms with E-state index >= 15 is 0 Å². The summed E-state index contributed by atoms with van der Waals surface area (Å²) in [5.41, 5.74) is 2.64. The number of sulfonamides is 1. The summed E-state index contributed by atoms with van der Waals surface area (Å²) in [6.45, 7) is 8.30.